The third-order valence-electron chi connectivity index (χ3n) is 3.77. The third-order valence-corrected chi connectivity index (χ3v) is 4.01. The maximum Gasteiger partial charge on any atom is 0.232 e. The SMILES string of the molecule is CC(C)c1ncncc1NC(=O)C1Cc2ccc(Cl)cc21. The summed E-state index contributed by atoms with van der Waals surface area (Å²) in [5, 5.41) is 3.61. The molecule has 1 amide bonds. The van der Waals surface area contributed by atoms with Crippen molar-refractivity contribution in [3.63, 3.8) is 0 Å². The quantitative estimate of drug-likeness (QED) is 0.943. The molecule has 0 saturated carbocycles. The Morgan fingerprint density at radius 2 is 2.24 bits per heavy atom. The number of halogens is 1. The van der Waals surface area contributed by atoms with Crippen molar-refractivity contribution >= 4 is 23.2 Å². The smallest absolute Gasteiger partial charge is 0.232 e. The number of nitrogens with one attached hydrogen (secondary N) is 1. The predicted molar refractivity (Wildman–Crippen MR) is 82.6 cm³/mol. The average Bonchev–Trinajstić information content (AvgIpc) is 2.43. The van der Waals surface area contributed by atoms with Crippen molar-refractivity contribution in [1.82, 2.24) is 9.97 Å². The first-order chi connectivity index (χ1) is 10.1. The molecule has 1 unspecified atom stereocenters. The number of hydrogen-bond acceptors (Lipinski definition) is 3. The van der Waals surface area contributed by atoms with E-state index >= 15 is 0 Å². The number of carbonyl (C=O) groups excluding carboxylic acids is 1. The lowest BCUT2D eigenvalue weighted by molar-refractivity contribution is -0.118. The molecule has 0 radical (unpaired) electrons. The van der Waals surface area contributed by atoms with E-state index in [1.165, 1.54) is 11.9 Å². The van der Waals surface area contributed by atoms with Crippen LogP contribution in [0, 0.1) is 0 Å². The number of aromatic nitrogens is 2. The molecule has 3 rings (SSSR count). The van der Waals surface area contributed by atoms with Gasteiger partial charge in [0.25, 0.3) is 0 Å². The minimum Gasteiger partial charge on any atom is -0.323 e. The Labute approximate surface area is 128 Å². The van der Waals surface area contributed by atoms with Crippen LogP contribution in [0.3, 0.4) is 0 Å². The number of anilines is 1. The molecule has 0 spiro atoms. The van der Waals surface area contributed by atoms with Crippen LogP contribution in [0.1, 0.15) is 42.5 Å². The standard InChI is InChI=1S/C16H16ClN3O/c1-9(2)15-14(7-18-8-19-15)20-16(21)13-5-10-3-4-11(17)6-12(10)13/h3-4,6-9,13H,5H2,1-2H3,(H,20,21). The van der Waals surface area contributed by atoms with Crippen LogP contribution in [-0.2, 0) is 11.2 Å². The number of carbonyl (C=O) groups is 1. The van der Waals surface area contributed by atoms with Gasteiger partial charge in [-0.1, -0.05) is 31.5 Å². The summed E-state index contributed by atoms with van der Waals surface area (Å²) in [7, 11) is 0. The van der Waals surface area contributed by atoms with Crippen molar-refractivity contribution in [3.05, 3.63) is 52.6 Å². The fourth-order valence-corrected chi connectivity index (χ4v) is 2.80. The molecule has 0 saturated heterocycles. The van der Waals surface area contributed by atoms with Crippen molar-refractivity contribution in [3.8, 4) is 0 Å². The second-order valence-corrected chi connectivity index (χ2v) is 6.00. The summed E-state index contributed by atoms with van der Waals surface area (Å²) in [4.78, 5) is 20.7. The molecule has 1 aliphatic carbocycles. The highest BCUT2D eigenvalue weighted by Crippen LogP contribution is 2.37. The lowest BCUT2D eigenvalue weighted by atomic mass is 9.77. The van der Waals surface area contributed by atoms with Crippen LogP contribution in [0.15, 0.2) is 30.7 Å². The van der Waals surface area contributed by atoms with E-state index < -0.39 is 0 Å². The van der Waals surface area contributed by atoms with Crippen LogP contribution in [0.4, 0.5) is 5.69 Å². The van der Waals surface area contributed by atoms with Gasteiger partial charge < -0.3 is 5.32 Å². The molecular weight excluding hydrogens is 286 g/mol. The Morgan fingerprint density at radius 1 is 1.43 bits per heavy atom. The van der Waals surface area contributed by atoms with Crippen molar-refractivity contribution in [2.45, 2.75) is 32.1 Å². The molecule has 0 bridgehead atoms. The summed E-state index contributed by atoms with van der Waals surface area (Å²) in [6.07, 6.45) is 3.91. The zero-order valence-corrected chi connectivity index (χ0v) is 12.7. The summed E-state index contributed by atoms with van der Waals surface area (Å²) in [6.45, 7) is 4.08. The molecule has 0 aliphatic heterocycles. The first kappa shape index (κ1) is 14.0. The number of fused-ring (bicyclic) bond motifs is 1. The lowest BCUT2D eigenvalue weighted by Crippen LogP contribution is -2.30. The van der Waals surface area contributed by atoms with Crippen molar-refractivity contribution in [1.29, 1.82) is 0 Å². The Hall–Kier alpha value is -1.94. The topological polar surface area (TPSA) is 54.9 Å². The molecule has 21 heavy (non-hydrogen) atoms. The number of benzene rings is 1. The van der Waals surface area contributed by atoms with Gasteiger partial charge in [-0.05, 0) is 35.6 Å². The number of hydrogen-bond donors (Lipinski definition) is 1. The Morgan fingerprint density at radius 3 is 3.00 bits per heavy atom. The van der Waals surface area contributed by atoms with Crippen LogP contribution in [0.5, 0.6) is 0 Å². The molecule has 108 valence electrons. The van der Waals surface area contributed by atoms with Gasteiger partial charge in [0.15, 0.2) is 0 Å². The zero-order chi connectivity index (χ0) is 15.0. The van der Waals surface area contributed by atoms with Gasteiger partial charge in [-0.2, -0.15) is 0 Å². The van der Waals surface area contributed by atoms with Gasteiger partial charge in [-0.15, -0.1) is 0 Å². The number of rotatable bonds is 3. The minimum absolute atomic E-state index is 0.0264. The maximum atomic E-state index is 12.4. The molecule has 4 nitrogen and oxygen atoms in total. The molecule has 1 atom stereocenters. The first-order valence-corrected chi connectivity index (χ1v) is 7.33. The van der Waals surface area contributed by atoms with E-state index in [-0.39, 0.29) is 17.7 Å². The third kappa shape index (κ3) is 2.63. The van der Waals surface area contributed by atoms with Gasteiger partial charge in [0.1, 0.15) is 6.33 Å². The normalized spacial score (nSPS) is 16.3. The summed E-state index contributed by atoms with van der Waals surface area (Å²) < 4.78 is 0. The second-order valence-electron chi connectivity index (χ2n) is 5.57. The highest BCUT2D eigenvalue weighted by atomic mass is 35.5. The van der Waals surface area contributed by atoms with Crippen LogP contribution >= 0.6 is 11.6 Å². The van der Waals surface area contributed by atoms with Crippen LogP contribution in [0.2, 0.25) is 5.02 Å². The molecule has 1 aromatic carbocycles. The van der Waals surface area contributed by atoms with E-state index in [2.05, 4.69) is 15.3 Å². The van der Waals surface area contributed by atoms with Gasteiger partial charge in [-0.25, -0.2) is 9.97 Å². The first-order valence-electron chi connectivity index (χ1n) is 6.95. The number of amides is 1. The Kier molecular flexibility index (Phi) is 3.64. The fraction of sp³-hybridized carbons (Fsp3) is 0.312. The Bertz CT molecular complexity index is 700. The highest BCUT2D eigenvalue weighted by Gasteiger charge is 2.32. The molecule has 2 aromatic rings. The summed E-state index contributed by atoms with van der Waals surface area (Å²) in [5.74, 6) is 0.0619. The lowest BCUT2D eigenvalue weighted by Gasteiger charge is -2.29. The van der Waals surface area contributed by atoms with Crippen molar-refractivity contribution < 1.29 is 4.79 Å². The van der Waals surface area contributed by atoms with Crippen molar-refractivity contribution in [2.75, 3.05) is 5.32 Å². The molecule has 0 fully saturated rings. The highest BCUT2D eigenvalue weighted by molar-refractivity contribution is 6.30. The van der Waals surface area contributed by atoms with Gasteiger partial charge in [0.05, 0.1) is 23.5 Å². The van der Waals surface area contributed by atoms with Crippen LogP contribution in [-0.4, -0.2) is 15.9 Å². The summed E-state index contributed by atoms with van der Waals surface area (Å²) in [5.41, 5.74) is 3.74. The second kappa shape index (κ2) is 5.45. The average molecular weight is 302 g/mol. The number of nitrogens with zero attached hydrogens (tertiary/aromatic N) is 2. The van der Waals surface area contributed by atoms with E-state index in [4.69, 9.17) is 11.6 Å². The van der Waals surface area contributed by atoms with E-state index in [1.807, 2.05) is 32.0 Å². The van der Waals surface area contributed by atoms with E-state index in [0.717, 1.165) is 17.7 Å². The van der Waals surface area contributed by atoms with Crippen LogP contribution in [0.25, 0.3) is 0 Å². The molecular formula is C16H16ClN3O. The monoisotopic (exact) mass is 301 g/mol. The van der Waals surface area contributed by atoms with Gasteiger partial charge in [0, 0.05) is 5.02 Å². The van der Waals surface area contributed by atoms with E-state index in [1.54, 1.807) is 6.20 Å². The molecule has 1 heterocycles. The minimum atomic E-state index is -0.140. The molecule has 1 N–H and O–H groups in total. The fourth-order valence-electron chi connectivity index (χ4n) is 2.62. The summed E-state index contributed by atoms with van der Waals surface area (Å²) in [6, 6.07) is 5.71. The van der Waals surface area contributed by atoms with Gasteiger partial charge in [0.2, 0.25) is 5.91 Å². The molecule has 1 aromatic heterocycles. The van der Waals surface area contributed by atoms with Crippen molar-refractivity contribution in [2.24, 2.45) is 0 Å². The van der Waals surface area contributed by atoms with E-state index in [0.29, 0.717) is 10.7 Å². The molecule has 1 aliphatic rings. The maximum absolute atomic E-state index is 12.4. The van der Waals surface area contributed by atoms with E-state index in [9.17, 15) is 4.79 Å². The predicted octanol–water partition coefficient (Wildman–Crippen LogP) is 3.53. The zero-order valence-electron chi connectivity index (χ0n) is 11.9. The molecule has 5 heteroatoms. The Balaban J connectivity index is 1.80. The summed E-state index contributed by atoms with van der Waals surface area (Å²) >= 11 is 6.00. The van der Waals surface area contributed by atoms with Crippen LogP contribution < -0.4 is 5.32 Å². The largest absolute Gasteiger partial charge is 0.323 e. The van der Waals surface area contributed by atoms with Gasteiger partial charge in [-0.3, -0.25) is 4.79 Å². The van der Waals surface area contributed by atoms with Gasteiger partial charge >= 0.3 is 0 Å².